The lowest BCUT2D eigenvalue weighted by Gasteiger charge is -2.31. The molecule has 2 aromatic heterocycles. The first-order valence-corrected chi connectivity index (χ1v) is 10.5. The minimum Gasteiger partial charge on any atom is -0.338 e. The van der Waals surface area contributed by atoms with Crippen molar-refractivity contribution >= 4 is 62.3 Å². The molecule has 1 N–H and O–H groups in total. The second-order valence-corrected chi connectivity index (χ2v) is 8.53. The lowest BCUT2D eigenvalue weighted by atomic mass is 9.95. The van der Waals surface area contributed by atoms with Gasteiger partial charge in [0.1, 0.15) is 10.7 Å². The van der Waals surface area contributed by atoms with Gasteiger partial charge < -0.3 is 10.2 Å². The summed E-state index contributed by atoms with van der Waals surface area (Å²) in [5.74, 6) is 0.176. The molecule has 2 amide bonds. The van der Waals surface area contributed by atoms with Crippen molar-refractivity contribution in [3.8, 4) is 0 Å². The Hall–Kier alpha value is -2.15. The summed E-state index contributed by atoms with van der Waals surface area (Å²) in [4.78, 5) is 31.8. The first-order chi connectivity index (χ1) is 13.5. The van der Waals surface area contributed by atoms with E-state index in [0.717, 1.165) is 10.1 Å². The Labute approximate surface area is 176 Å². The normalized spacial score (nSPS) is 15.0. The van der Waals surface area contributed by atoms with E-state index < -0.39 is 0 Å². The summed E-state index contributed by atoms with van der Waals surface area (Å²) >= 11 is 13.7. The number of halogens is 2. The molecule has 0 spiro atoms. The quantitative estimate of drug-likeness (QED) is 0.625. The molecule has 0 saturated carbocycles. The van der Waals surface area contributed by atoms with Crippen LogP contribution in [0.4, 0.5) is 5.82 Å². The Balaban J connectivity index is 1.39. The molecule has 1 fully saturated rings. The first kappa shape index (κ1) is 19.2. The maximum absolute atomic E-state index is 12.9. The molecule has 3 heterocycles. The number of thiophene rings is 1. The predicted octanol–water partition coefficient (Wildman–Crippen LogP) is 5.09. The maximum atomic E-state index is 12.9. The molecule has 0 atom stereocenters. The number of carbonyl (C=O) groups excluding carboxylic acids is 2. The highest BCUT2D eigenvalue weighted by atomic mass is 35.5. The molecule has 3 aromatic rings. The Morgan fingerprint density at radius 1 is 1.11 bits per heavy atom. The number of likely N-dealkylation sites (tertiary alicyclic amines) is 1. The average Bonchev–Trinajstić information content (AvgIpc) is 3.06. The predicted molar refractivity (Wildman–Crippen MR) is 113 cm³/mol. The van der Waals surface area contributed by atoms with Gasteiger partial charge in [0.05, 0.1) is 10.0 Å². The molecule has 1 saturated heterocycles. The van der Waals surface area contributed by atoms with E-state index in [9.17, 15) is 9.59 Å². The van der Waals surface area contributed by atoms with Gasteiger partial charge in [0, 0.05) is 35.3 Å². The fourth-order valence-electron chi connectivity index (χ4n) is 3.32. The number of fused-ring (bicyclic) bond motifs is 1. The van der Waals surface area contributed by atoms with Crippen LogP contribution < -0.4 is 5.32 Å². The van der Waals surface area contributed by atoms with Gasteiger partial charge in [-0.2, -0.15) is 0 Å². The largest absolute Gasteiger partial charge is 0.338 e. The fraction of sp³-hybridized carbons (Fsp3) is 0.250. The average molecular weight is 434 g/mol. The van der Waals surface area contributed by atoms with Gasteiger partial charge in [0.15, 0.2) is 0 Å². The van der Waals surface area contributed by atoms with Crippen LogP contribution >= 0.6 is 34.5 Å². The molecule has 1 aliphatic heterocycles. The zero-order valence-corrected chi connectivity index (χ0v) is 17.2. The summed E-state index contributed by atoms with van der Waals surface area (Å²) in [5.41, 5.74) is 0. The van der Waals surface area contributed by atoms with Gasteiger partial charge in [0.25, 0.3) is 5.91 Å². The van der Waals surface area contributed by atoms with Crippen molar-refractivity contribution in [3.05, 3.63) is 57.5 Å². The molecular formula is C20H17Cl2N3O2S. The van der Waals surface area contributed by atoms with Crippen molar-refractivity contribution in [3.63, 3.8) is 0 Å². The maximum Gasteiger partial charge on any atom is 0.265 e. The Morgan fingerprint density at radius 2 is 1.86 bits per heavy atom. The molecule has 1 aliphatic rings. The Bertz CT molecular complexity index is 1030. The van der Waals surface area contributed by atoms with E-state index in [2.05, 4.69) is 10.3 Å². The number of pyridine rings is 1. The van der Waals surface area contributed by atoms with E-state index in [4.69, 9.17) is 23.2 Å². The number of benzene rings is 1. The SMILES string of the molecule is O=C(Nc1ccc(Cl)cn1)C1CCN(C(=O)c2sc3ccccc3c2Cl)CC1. The molecule has 0 unspecified atom stereocenters. The van der Waals surface area contributed by atoms with Gasteiger partial charge >= 0.3 is 0 Å². The summed E-state index contributed by atoms with van der Waals surface area (Å²) in [6, 6.07) is 11.1. The Kier molecular flexibility index (Phi) is 5.53. The van der Waals surface area contributed by atoms with Crippen LogP contribution in [-0.2, 0) is 4.79 Å². The molecule has 144 valence electrons. The number of anilines is 1. The van der Waals surface area contributed by atoms with E-state index in [1.165, 1.54) is 17.5 Å². The van der Waals surface area contributed by atoms with Crippen molar-refractivity contribution in [2.45, 2.75) is 12.8 Å². The van der Waals surface area contributed by atoms with E-state index in [1.807, 2.05) is 24.3 Å². The molecule has 5 nitrogen and oxygen atoms in total. The third kappa shape index (κ3) is 3.85. The number of amides is 2. The number of nitrogens with zero attached hydrogens (tertiary/aromatic N) is 2. The topological polar surface area (TPSA) is 62.3 Å². The second-order valence-electron chi connectivity index (χ2n) is 6.66. The van der Waals surface area contributed by atoms with Crippen molar-refractivity contribution in [2.75, 3.05) is 18.4 Å². The minimum atomic E-state index is -0.153. The smallest absolute Gasteiger partial charge is 0.265 e. The number of rotatable bonds is 3. The van der Waals surface area contributed by atoms with E-state index in [-0.39, 0.29) is 17.7 Å². The zero-order valence-electron chi connectivity index (χ0n) is 14.8. The zero-order chi connectivity index (χ0) is 19.7. The van der Waals surface area contributed by atoms with Crippen LogP contribution in [-0.4, -0.2) is 34.8 Å². The molecule has 28 heavy (non-hydrogen) atoms. The van der Waals surface area contributed by atoms with Gasteiger partial charge in [-0.25, -0.2) is 4.98 Å². The van der Waals surface area contributed by atoms with Gasteiger partial charge in [-0.1, -0.05) is 41.4 Å². The highest BCUT2D eigenvalue weighted by molar-refractivity contribution is 7.21. The van der Waals surface area contributed by atoms with Gasteiger partial charge in [-0.15, -0.1) is 11.3 Å². The van der Waals surface area contributed by atoms with E-state index in [0.29, 0.717) is 46.7 Å². The molecular weight excluding hydrogens is 417 g/mol. The number of nitrogens with one attached hydrogen (secondary N) is 1. The van der Waals surface area contributed by atoms with Crippen LogP contribution in [0.5, 0.6) is 0 Å². The third-order valence-corrected chi connectivity index (χ3v) is 6.75. The summed E-state index contributed by atoms with van der Waals surface area (Å²) in [5, 5.41) is 4.75. The standard InChI is InChI=1S/C20H17Cl2N3O2S/c21-13-5-6-16(23-11-13)24-19(26)12-7-9-25(10-8-12)20(27)18-17(22)14-3-1-2-4-15(14)28-18/h1-6,11-12H,7-10H2,(H,23,24,26). The van der Waals surface area contributed by atoms with Crippen LogP contribution in [0.2, 0.25) is 10.0 Å². The van der Waals surface area contributed by atoms with Gasteiger partial charge in [-0.3, -0.25) is 9.59 Å². The number of piperidine rings is 1. The summed E-state index contributed by atoms with van der Waals surface area (Å²) < 4.78 is 1.00. The van der Waals surface area contributed by atoms with Crippen LogP contribution in [0.3, 0.4) is 0 Å². The highest BCUT2D eigenvalue weighted by Gasteiger charge is 2.30. The molecule has 0 radical (unpaired) electrons. The monoisotopic (exact) mass is 433 g/mol. The summed E-state index contributed by atoms with van der Waals surface area (Å²) in [7, 11) is 0. The second kappa shape index (κ2) is 8.07. The molecule has 4 rings (SSSR count). The van der Waals surface area contributed by atoms with Crippen molar-refractivity contribution in [1.29, 1.82) is 0 Å². The van der Waals surface area contributed by atoms with Crippen molar-refractivity contribution in [1.82, 2.24) is 9.88 Å². The minimum absolute atomic E-state index is 0.0653. The first-order valence-electron chi connectivity index (χ1n) is 8.91. The number of aromatic nitrogens is 1. The van der Waals surface area contributed by atoms with Crippen molar-refractivity contribution in [2.24, 2.45) is 5.92 Å². The van der Waals surface area contributed by atoms with Crippen LogP contribution in [0, 0.1) is 5.92 Å². The number of carbonyl (C=O) groups is 2. The molecule has 0 bridgehead atoms. The van der Waals surface area contributed by atoms with Gasteiger partial charge in [-0.05, 0) is 31.0 Å². The number of hydrogen-bond donors (Lipinski definition) is 1. The summed E-state index contributed by atoms with van der Waals surface area (Å²) in [6.45, 7) is 1.05. The molecule has 8 heteroatoms. The highest BCUT2D eigenvalue weighted by Crippen LogP contribution is 2.36. The van der Waals surface area contributed by atoms with E-state index >= 15 is 0 Å². The van der Waals surface area contributed by atoms with Crippen LogP contribution in [0.1, 0.15) is 22.5 Å². The van der Waals surface area contributed by atoms with E-state index in [1.54, 1.807) is 17.0 Å². The lowest BCUT2D eigenvalue weighted by molar-refractivity contribution is -0.121. The van der Waals surface area contributed by atoms with Crippen molar-refractivity contribution < 1.29 is 9.59 Å². The lowest BCUT2D eigenvalue weighted by Crippen LogP contribution is -2.41. The molecule has 1 aromatic carbocycles. The fourth-order valence-corrected chi connectivity index (χ4v) is 4.91. The van der Waals surface area contributed by atoms with Crippen LogP contribution in [0.25, 0.3) is 10.1 Å². The van der Waals surface area contributed by atoms with Gasteiger partial charge in [0.2, 0.25) is 5.91 Å². The molecule has 0 aliphatic carbocycles. The van der Waals surface area contributed by atoms with Crippen LogP contribution in [0.15, 0.2) is 42.6 Å². The third-order valence-electron chi connectivity index (χ3n) is 4.86. The number of hydrogen-bond acceptors (Lipinski definition) is 4. The Morgan fingerprint density at radius 3 is 2.54 bits per heavy atom. The summed E-state index contributed by atoms with van der Waals surface area (Å²) in [6.07, 6.45) is 2.70.